The molecule has 4 rings (SSSR count). The summed E-state index contributed by atoms with van der Waals surface area (Å²) < 4.78 is 0. The lowest BCUT2D eigenvalue weighted by Crippen LogP contribution is -2.56. The molecule has 0 aliphatic carbocycles. The Morgan fingerprint density at radius 2 is 1.93 bits per heavy atom. The van der Waals surface area contributed by atoms with Gasteiger partial charge in [0.05, 0.1) is 5.92 Å². The van der Waals surface area contributed by atoms with E-state index in [1.807, 2.05) is 35.2 Å². The van der Waals surface area contributed by atoms with Crippen LogP contribution in [0.25, 0.3) is 0 Å². The van der Waals surface area contributed by atoms with Crippen molar-refractivity contribution in [1.29, 1.82) is 0 Å². The summed E-state index contributed by atoms with van der Waals surface area (Å²) in [7, 11) is 0. The highest BCUT2D eigenvalue weighted by molar-refractivity contribution is 5.94. The standard InChI is InChI=1S/C22H31N3O2/c1-3-7-16(2)25-14-18-19(15-25)22(23-20(18)26)10-12-24(13-11-22)21(27)17-8-5-4-6-9-17/h4-6,8-9,16,18-19H,3,7,10-15H2,1-2H3,(H,23,26)/t16?,18-,19+/m1/s1. The van der Waals surface area contributed by atoms with Gasteiger partial charge in [-0.3, -0.25) is 14.5 Å². The van der Waals surface area contributed by atoms with E-state index in [2.05, 4.69) is 24.1 Å². The monoisotopic (exact) mass is 369 g/mol. The van der Waals surface area contributed by atoms with Gasteiger partial charge in [-0.1, -0.05) is 31.5 Å². The summed E-state index contributed by atoms with van der Waals surface area (Å²) in [6.45, 7) is 7.87. The van der Waals surface area contributed by atoms with Crippen LogP contribution in [0.3, 0.4) is 0 Å². The molecular weight excluding hydrogens is 338 g/mol. The highest BCUT2D eigenvalue weighted by Gasteiger charge is 2.57. The molecule has 2 amide bonds. The molecule has 1 aromatic carbocycles. The van der Waals surface area contributed by atoms with Gasteiger partial charge in [0.25, 0.3) is 5.91 Å². The van der Waals surface area contributed by atoms with Crippen LogP contribution in [-0.4, -0.2) is 59.4 Å². The largest absolute Gasteiger partial charge is 0.350 e. The zero-order valence-electron chi connectivity index (χ0n) is 16.5. The van der Waals surface area contributed by atoms with Crippen molar-refractivity contribution in [3.05, 3.63) is 35.9 Å². The third kappa shape index (κ3) is 3.27. The number of rotatable bonds is 4. The van der Waals surface area contributed by atoms with Gasteiger partial charge in [-0.25, -0.2) is 0 Å². The van der Waals surface area contributed by atoms with Crippen LogP contribution in [-0.2, 0) is 4.79 Å². The molecule has 0 aromatic heterocycles. The average Bonchev–Trinajstić information content (AvgIpc) is 3.24. The molecule has 0 saturated carbocycles. The van der Waals surface area contributed by atoms with Crippen LogP contribution in [0.5, 0.6) is 0 Å². The zero-order chi connectivity index (χ0) is 19.0. The first-order chi connectivity index (χ1) is 13.0. The number of benzene rings is 1. The van der Waals surface area contributed by atoms with Crippen LogP contribution < -0.4 is 5.32 Å². The molecule has 146 valence electrons. The van der Waals surface area contributed by atoms with Crippen molar-refractivity contribution in [3.63, 3.8) is 0 Å². The number of hydrogen-bond donors (Lipinski definition) is 1. The fraction of sp³-hybridized carbons (Fsp3) is 0.636. The minimum Gasteiger partial charge on any atom is -0.350 e. The Bertz CT molecular complexity index is 697. The summed E-state index contributed by atoms with van der Waals surface area (Å²) >= 11 is 0. The number of hydrogen-bond acceptors (Lipinski definition) is 3. The van der Waals surface area contributed by atoms with Crippen LogP contribution >= 0.6 is 0 Å². The highest BCUT2D eigenvalue weighted by atomic mass is 16.2. The molecule has 3 aliphatic rings. The summed E-state index contributed by atoms with van der Waals surface area (Å²) in [5.74, 6) is 0.851. The minimum absolute atomic E-state index is 0.107. The maximum absolute atomic E-state index is 12.7. The van der Waals surface area contributed by atoms with Crippen LogP contribution in [0.4, 0.5) is 0 Å². The lowest BCUT2D eigenvalue weighted by atomic mass is 9.75. The van der Waals surface area contributed by atoms with Gasteiger partial charge in [0.15, 0.2) is 0 Å². The molecule has 3 fully saturated rings. The normalized spacial score (nSPS) is 28.2. The van der Waals surface area contributed by atoms with Crippen molar-refractivity contribution in [2.75, 3.05) is 26.2 Å². The van der Waals surface area contributed by atoms with E-state index in [1.165, 1.54) is 12.8 Å². The Morgan fingerprint density at radius 3 is 2.59 bits per heavy atom. The minimum atomic E-state index is -0.115. The topological polar surface area (TPSA) is 52.7 Å². The molecule has 5 heteroatoms. The number of fused-ring (bicyclic) bond motifs is 2. The molecule has 0 radical (unpaired) electrons. The predicted molar refractivity (Wildman–Crippen MR) is 105 cm³/mol. The van der Waals surface area contributed by atoms with Crippen molar-refractivity contribution < 1.29 is 9.59 Å². The first kappa shape index (κ1) is 18.5. The first-order valence-corrected chi connectivity index (χ1v) is 10.4. The van der Waals surface area contributed by atoms with Gasteiger partial charge in [-0.05, 0) is 38.3 Å². The van der Waals surface area contributed by atoms with Crippen molar-refractivity contribution in [3.8, 4) is 0 Å². The first-order valence-electron chi connectivity index (χ1n) is 10.4. The Kier molecular flexibility index (Phi) is 4.97. The Morgan fingerprint density at radius 1 is 1.22 bits per heavy atom. The Hall–Kier alpha value is -1.88. The number of piperidine rings is 1. The number of carbonyl (C=O) groups excluding carboxylic acids is 2. The zero-order valence-corrected chi connectivity index (χ0v) is 16.5. The van der Waals surface area contributed by atoms with Crippen LogP contribution in [0.1, 0.15) is 49.9 Å². The molecule has 3 saturated heterocycles. The second-order valence-electron chi connectivity index (χ2n) is 8.61. The molecule has 3 atom stereocenters. The van der Waals surface area contributed by atoms with Gasteiger partial charge < -0.3 is 10.2 Å². The fourth-order valence-electron chi connectivity index (χ4n) is 5.42. The van der Waals surface area contributed by atoms with E-state index in [4.69, 9.17) is 0 Å². The quantitative estimate of drug-likeness (QED) is 0.887. The number of amides is 2. The number of nitrogens with one attached hydrogen (secondary N) is 1. The van der Waals surface area contributed by atoms with E-state index in [1.54, 1.807) is 0 Å². The van der Waals surface area contributed by atoms with E-state index >= 15 is 0 Å². The maximum Gasteiger partial charge on any atom is 0.253 e. The summed E-state index contributed by atoms with van der Waals surface area (Å²) in [6, 6.07) is 10.1. The average molecular weight is 370 g/mol. The molecule has 1 N–H and O–H groups in total. The second-order valence-corrected chi connectivity index (χ2v) is 8.61. The van der Waals surface area contributed by atoms with Crippen molar-refractivity contribution in [2.45, 2.75) is 51.1 Å². The lowest BCUT2D eigenvalue weighted by Gasteiger charge is -2.43. The number of likely N-dealkylation sites (tertiary alicyclic amines) is 2. The third-order valence-corrected chi connectivity index (χ3v) is 7.06. The molecule has 27 heavy (non-hydrogen) atoms. The van der Waals surface area contributed by atoms with E-state index in [-0.39, 0.29) is 23.3 Å². The van der Waals surface area contributed by atoms with Gasteiger partial charge in [-0.2, -0.15) is 0 Å². The second kappa shape index (κ2) is 7.27. The molecule has 3 heterocycles. The number of carbonyl (C=O) groups is 2. The summed E-state index contributed by atoms with van der Waals surface area (Å²) in [5, 5.41) is 3.36. The van der Waals surface area contributed by atoms with Crippen LogP contribution in [0.2, 0.25) is 0 Å². The number of nitrogens with zero attached hydrogens (tertiary/aromatic N) is 2. The fourth-order valence-corrected chi connectivity index (χ4v) is 5.42. The molecule has 1 spiro atoms. The van der Waals surface area contributed by atoms with Gasteiger partial charge in [-0.15, -0.1) is 0 Å². The van der Waals surface area contributed by atoms with E-state index in [9.17, 15) is 9.59 Å². The SMILES string of the molecule is CCCC(C)N1C[C@H]2C(=O)NC3(CCN(C(=O)c4ccccc4)CC3)[C@H]2C1. The lowest BCUT2D eigenvalue weighted by molar-refractivity contribution is -0.123. The van der Waals surface area contributed by atoms with Crippen molar-refractivity contribution in [2.24, 2.45) is 11.8 Å². The van der Waals surface area contributed by atoms with Gasteiger partial charge in [0.2, 0.25) is 5.91 Å². The van der Waals surface area contributed by atoms with E-state index in [0.29, 0.717) is 12.0 Å². The summed E-state index contributed by atoms with van der Waals surface area (Å²) in [6.07, 6.45) is 4.11. The van der Waals surface area contributed by atoms with Crippen LogP contribution in [0.15, 0.2) is 30.3 Å². The molecule has 3 aliphatic heterocycles. The highest BCUT2D eigenvalue weighted by Crippen LogP contribution is 2.44. The van der Waals surface area contributed by atoms with Gasteiger partial charge in [0.1, 0.15) is 0 Å². The van der Waals surface area contributed by atoms with Crippen molar-refractivity contribution >= 4 is 11.8 Å². The predicted octanol–water partition coefficient (Wildman–Crippen LogP) is 2.53. The van der Waals surface area contributed by atoms with Crippen LogP contribution in [0, 0.1) is 11.8 Å². The molecule has 1 aromatic rings. The third-order valence-electron chi connectivity index (χ3n) is 7.06. The molecule has 0 bridgehead atoms. The summed E-state index contributed by atoms with van der Waals surface area (Å²) in [4.78, 5) is 29.9. The Balaban J connectivity index is 1.43. The van der Waals surface area contributed by atoms with Gasteiger partial charge in [0, 0.05) is 49.2 Å². The van der Waals surface area contributed by atoms with E-state index < -0.39 is 0 Å². The maximum atomic E-state index is 12.7. The van der Waals surface area contributed by atoms with Crippen molar-refractivity contribution in [1.82, 2.24) is 15.1 Å². The van der Waals surface area contributed by atoms with E-state index in [0.717, 1.165) is 44.6 Å². The van der Waals surface area contributed by atoms with Gasteiger partial charge >= 0.3 is 0 Å². The smallest absolute Gasteiger partial charge is 0.253 e. The molecular formula is C22H31N3O2. The summed E-state index contributed by atoms with van der Waals surface area (Å²) in [5.41, 5.74) is 0.637. The Labute approximate surface area is 162 Å². The molecule has 1 unspecified atom stereocenters. The molecule has 5 nitrogen and oxygen atoms in total.